The first-order valence-corrected chi connectivity index (χ1v) is 11.1. The maximum Gasteiger partial charge on any atom is 0.144 e. The molecule has 170 valence electrons. The lowest BCUT2D eigenvalue weighted by Crippen LogP contribution is -2.45. The minimum Gasteiger partial charge on any atom is -0.382 e. The van der Waals surface area contributed by atoms with Crippen molar-refractivity contribution in [3.63, 3.8) is 0 Å². The Kier molecular flexibility index (Phi) is 6.17. The summed E-state index contributed by atoms with van der Waals surface area (Å²) < 4.78 is 28.1. The van der Waals surface area contributed by atoms with Crippen molar-refractivity contribution < 1.29 is 8.78 Å². The second kappa shape index (κ2) is 9.38. The van der Waals surface area contributed by atoms with Gasteiger partial charge in [-0.3, -0.25) is 9.88 Å². The van der Waals surface area contributed by atoms with E-state index in [1.165, 1.54) is 12.4 Å². The molecule has 0 aliphatic carbocycles. The number of hydrogen-bond acceptors (Lipinski definition) is 6. The van der Waals surface area contributed by atoms with Crippen molar-refractivity contribution in [3.8, 4) is 22.6 Å². The first kappa shape index (κ1) is 21.7. The summed E-state index contributed by atoms with van der Waals surface area (Å²) in [7, 11) is 0. The smallest absolute Gasteiger partial charge is 0.144 e. The maximum atomic E-state index is 14.5. The Hall–Kier alpha value is -3.14. The summed E-state index contributed by atoms with van der Waals surface area (Å²) in [6, 6.07) is 7.56. The molecule has 33 heavy (non-hydrogen) atoms. The molecule has 5 rings (SSSR count). The average molecular weight is 470 g/mol. The van der Waals surface area contributed by atoms with Gasteiger partial charge in [-0.1, -0.05) is 11.6 Å². The molecule has 0 amide bonds. The van der Waals surface area contributed by atoms with Crippen LogP contribution in [0.4, 0.5) is 14.5 Å². The number of nitrogens with one attached hydrogen (secondary N) is 3. The molecular weight excluding hydrogens is 448 g/mol. The van der Waals surface area contributed by atoms with Crippen LogP contribution in [-0.4, -0.2) is 64.1 Å². The molecule has 0 unspecified atom stereocenters. The van der Waals surface area contributed by atoms with E-state index in [4.69, 9.17) is 16.6 Å². The number of aromatic nitrogens is 4. The van der Waals surface area contributed by atoms with Crippen LogP contribution in [0.25, 0.3) is 33.7 Å². The van der Waals surface area contributed by atoms with Gasteiger partial charge in [-0.15, -0.1) is 0 Å². The average Bonchev–Trinajstić information content (AvgIpc) is 3.31. The van der Waals surface area contributed by atoms with Gasteiger partial charge in [0.15, 0.2) is 0 Å². The molecule has 0 saturated carbocycles. The van der Waals surface area contributed by atoms with Gasteiger partial charge in [0.1, 0.15) is 17.3 Å². The minimum atomic E-state index is -0.814. The Balaban J connectivity index is 1.40. The molecule has 1 fully saturated rings. The van der Waals surface area contributed by atoms with Crippen LogP contribution in [-0.2, 0) is 0 Å². The summed E-state index contributed by atoms with van der Waals surface area (Å²) in [4.78, 5) is 18.8. The lowest BCUT2D eigenvalue weighted by atomic mass is 10.1. The van der Waals surface area contributed by atoms with Crippen LogP contribution < -0.4 is 10.6 Å². The van der Waals surface area contributed by atoms with Gasteiger partial charge in [-0.25, -0.2) is 18.7 Å². The lowest BCUT2D eigenvalue weighted by molar-refractivity contribution is 0.249. The summed E-state index contributed by atoms with van der Waals surface area (Å²) in [5, 5.41) is 6.59. The van der Waals surface area contributed by atoms with Crippen LogP contribution in [0.1, 0.15) is 0 Å². The standard InChI is InChI=1S/C23H22ClF2N7/c24-16-10-15(17(25)11-18(16)26)22-23(31-13-30-22)20-2-1-19-21(32-20)9-14(12-29-19)28-5-8-33-6-3-27-4-7-33/h1-2,9-13,27-28H,3-8H2,(H,30,31). The fourth-order valence-corrected chi connectivity index (χ4v) is 4.10. The van der Waals surface area contributed by atoms with Crippen LogP contribution in [0.3, 0.4) is 0 Å². The summed E-state index contributed by atoms with van der Waals surface area (Å²) in [5.74, 6) is -1.55. The van der Waals surface area contributed by atoms with Crippen LogP contribution in [0.5, 0.6) is 0 Å². The highest BCUT2D eigenvalue weighted by atomic mass is 35.5. The normalized spacial score (nSPS) is 14.6. The zero-order valence-corrected chi connectivity index (χ0v) is 18.5. The molecule has 1 saturated heterocycles. The maximum absolute atomic E-state index is 14.5. The summed E-state index contributed by atoms with van der Waals surface area (Å²) in [6.45, 7) is 5.90. The number of H-pyrrole nitrogens is 1. The lowest BCUT2D eigenvalue weighted by Gasteiger charge is -2.27. The zero-order chi connectivity index (χ0) is 22.8. The highest BCUT2D eigenvalue weighted by Crippen LogP contribution is 2.33. The van der Waals surface area contributed by atoms with Gasteiger partial charge < -0.3 is 15.6 Å². The fourth-order valence-electron chi connectivity index (χ4n) is 3.94. The summed E-state index contributed by atoms with van der Waals surface area (Å²) in [5.41, 5.74) is 3.78. The first-order chi connectivity index (χ1) is 16.1. The van der Waals surface area contributed by atoms with Gasteiger partial charge >= 0.3 is 0 Å². The largest absolute Gasteiger partial charge is 0.382 e. The van der Waals surface area contributed by atoms with Crippen LogP contribution >= 0.6 is 11.6 Å². The van der Waals surface area contributed by atoms with Gasteiger partial charge in [0.2, 0.25) is 0 Å². The first-order valence-electron chi connectivity index (χ1n) is 10.7. The Morgan fingerprint density at radius 2 is 1.88 bits per heavy atom. The number of pyridine rings is 2. The van der Waals surface area contributed by atoms with Gasteiger partial charge in [0, 0.05) is 50.9 Å². The third kappa shape index (κ3) is 4.66. The molecule has 4 aromatic rings. The number of aromatic amines is 1. The number of hydrogen-bond donors (Lipinski definition) is 3. The van der Waals surface area contributed by atoms with E-state index < -0.39 is 11.6 Å². The number of benzene rings is 1. The topological polar surface area (TPSA) is 81.8 Å². The van der Waals surface area contributed by atoms with E-state index in [2.05, 4.69) is 30.5 Å². The molecule has 0 atom stereocenters. The molecule has 3 aromatic heterocycles. The number of imidazole rings is 1. The molecule has 1 aromatic carbocycles. The predicted octanol–water partition coefficient (Wildman–Crippen LogP) is 3.94. The second-order valence-corrected chi connectivity index (χ2v) is 8.26. The number of anilines is 1. The molecule has 4 heterocycles. The van der Waals surface area contributed by atoms with E-state index in [0.29, 0.717) is 22.6 Å². The van der Waals surface area contributed by atoms with Gasteiger partial charge in [-0.05, 0) is 24.3 Å². The summed E-state index contributed by atoms with van der Waals surface area (Å²) >= 11 is 5.87. The van der Waals surface area contributed by atoms with Crippen LogP contribution in [0.15, 0.2) is 42.9 Å². The quantitative estimate of drug-likeness (QED) is 0.371. The van der Waals surface area contributed by atoms with Crippen molar-refractivity contribution in [2.75, 3.05) is 44.6 Å². The van der Waals surface area contributed by atoms with Crippen molar-refractivity contribution in [2.45, 2.75) is 0 Å². The van der Waals surface area contributed by atoms with E-state index in [1.54, 1.807) is 12.3 Å². The van der Waals surface area contributed by atoms with Gasteiger partial charge in [0.05, 0.1) is 45.7 Å². The Morgan fingerprint density at radius 3 is 2.73 bits per heavy atom. The minimum absolute atomic E-state index is 0.122. The predicted molar refractivity (Wildman–Crippen MR) is 125 cm³/mol. The van der Waals surface area contributed by atoms with Crippen molar-refractivity contribution in [1.29, 1.82) is 0 Å². The van der Waals surface area contributed by atoms with Gasteiger partial charge in [0.25, 0.3) is 0 Å². The highest BCUT2D eigenvalue weighted by molar-refractivity contribution is 6.31. The van der Waals surface area contributed by atoms with Crippen molar-refractivity contribution in [2.24, 2.45) is 0 Å². The number of piperazine rings is 1. The molecule has 0 spiro atoms. The molecule has 0 radical (unpaired) electrons. The van der Waals surface area contributed by atoms with Crippen molar-refractivity contribution >= 4 is 28.3 Å². The molecular formula is C23H22ClF2N7. The Bertz CT molecular complexity index is 1290. The van der Waals surface area contributed by atoms with Crippen molar-refractivity contribution in [3.05, 3.63) is 59.5 Å². The highest BCUT2D eigenvalue weighted by Gasteiger charge is 2.18. The van der Waals surface area contributed by atoms with E-state index in [1.807, 2.05) is 12.1 Å². The van der Waals surface area contributed by atoms with Crippen LogP contribution in [0, 0.1) is 11.6 Å². The third-order valence-electron chi connectivity index (χ3n) is 5.67. The fraction of sp³-hybridized carbons (Fsp3) is 0.261. The van der Waals surface area contributed by atoms with Crippen molar-refractivity contribution in [1.82, 2.24) is 30.2 Å². The Labute approximate surface area is 194 Å². The number of halogens is 3. The van der Waals surface area contributed by atoms with E-state index in [9.17, 15) is 8.78 Å². The number of fused-ring (bicyclic) bond motifs is 1. The molecule has 10 heteroatoms. The molecule has 7 nitrogen and oxygen atoms in total. The monoisotopic (exact) mass is 469 g/mol. The van der Waals surface area contributed by atoms with E-state index in [0.717, 1.165) is 56.5 Å². The zero-order valence-electron chi connectivity index (χ0n) is 17.7. The SMILES string of the molecule is Fc1cc(F)c(-c2[nH]cnc2-c2ccc3ncc(NCCN4CCNCC4)cc3n2)cc1Cl. The summed E-state index contributed by atoms with van der Waals surface area (Å²) in [6.07, 6.45) is 3.23. The Morgan fingerprint density at radius 1 is 1.03 bits per heavy atom. The van der Waals surface area contributed by atoms with Gasteiger partial charge in [-0.2, -0.15) is 0 Å². The molecule has 1 aliphatic heterocycles. The molecule has 1 aliphatic rings. The van der Waals surface area contributed by atoms with E-state index >= 15 is 0 Å². The number of nitrogens with zero attached hydrogens (tertiary/aromatic N) is 4. The third-order valence-corrected chi connectivity index (χ3v) is 5.96. The molecule has 3 N–H and O–H groups in total. The van der Waals surface area contributed by atoms with E-state index in [-0.39, 0.29) is 10.6 Å². The number of rotatable bonds is 6. The second-order valence-electron chi connectivity index (χ2n) is 7.85. The molecule has 0 bridgehead atoms. The van der Waals surface area contributed by atoms with Crippen LogP contribution in [0.2, 0.25) is 5.02 Å².